The lowest BCUT2D eigenvalue weighted by Gasteiger charge is -2.32. The fourth-order valence-electron chi connectivity index (χ4n) is 2.49. The average Bonchev–Trinajstić information content (AvgIpc) is 2.83. The van der Waals surface area contributed by atoms with Crippen LogP contribution in [0.15, 0.2) is 12.4 Å². The van der Waals surface area contributed by atoms with Crippen molar-refractivity contribution in [3.05, 3.63) is 12.4 Å². The first-order valence-electron chi connectivity index (χ1n) is 9.36. The van der Waals surface area contributed by atoms with Gasteiger partial charge in [-0.25, -0.2) is 14.8 Å². The number of hydrogen-bond acceptors (Lipinski definition) is 9. The smallest absolute Gasteiger partial charge is 0.466 e. The van der Waals surface area contributed by atoms with Gasteiger partial charge in [-0.15, -0.1) is 0 Å². The Morgan fingerprint density at radius 1 is 1.07 bits per heavy atom. The molecule has 0 saturated carbocycles. The number of anilines is 1. The normalized spacial score (nSPS) is 18.4. The summed E-state index contributed by atoms with van der Waals surface area (Å²) in [5, 5.41) is 2.82. The van der Waals surface area contributed by atoms with Crippen LogP contribution in [0.5, 0.6) is 0 Å². The highest BCUT2D eigenvalue weighted by Gasteiger charge is 2.52. The molecule has 0 amide bonds. The summed E-state index contributed by atoms with van der Waals surface area (Å²) in [5.74, 6) is -0.904. The maximum Gasteiger partial charge on any atom is 0.498 e. The number of aromatic nitrogens is 2. The summed E-state index contributed by atoms with van der Waals surface area (Å²) < 4.78 is 21.8. The number of ether oxygens (including phenoxy) is 2. The van der Waals surface area contributed by atoms with Gasteiger partial charge in [0, 0.05) is 17.9 Å². The third-order valence-electron chi connectivity index (χ3n) is 4.75. The molecule has 2 rings (SSSR count). The monoisotopic (exact) mass is 393 g/mol. The van der Waals surface area contributed by atoms with Crippen molar-refractivity contribution in [3.8, 4) is 0 Å². The van der Waals surface area contributed by atoms with Gasteiger partial charge in [-0.3, -0.25) is 4.79 Å². The molecule has 1 unspecified atom stereocenters. The highest BCUT2D eigenvalue weighted by atomic mass is 16.7. The minimum atomic E-state index is -0.943. The number of hydrogen-bond donors (Lipinski definition) is 1. The summed E-state index contributed by atoms with van der Waals surface area (Å²) in [6.45, 7) is 11.7. The Balaban J connectivity index is 2.08. The summed E-state index contributed by atoms with van der Waals surface area (Å²) in [5.41, 5.74) is -0.283. The molecule has 0 aliphatic carbocycles. The van der Waals surface area contributed by atoms with Gasteiger partial charge in [-0.1, -0.05) is 0 Å². The van der Waals surface area contributed by atoms with Crippen LogP contribution in [0.1, 0.15) is 48.0 Å². The molecular weight excluding hydrogens is 365 g/mol. The number of carbonyl (C=O) groups is 2. The second-order valence-electron chi connectivity index (χ2n) is 7.39. The zero-order chi connectivity index (χ0) is 20.9. The van der Waals surface area contributed by atoms with Crippen molar-refractivity contribution in [1.29, 1.82) is 0 Å². The molecule has 1 aliphatic rings. The molecular formula is C18H28BN3O6. The van der Waals surface area contributed by atoms with E-state index in [1.165, 1.54) is 0 Å². The van der Waals surface area contributed by atoms with Crippen molar-refractivity contribution >= 4 is 30.5 Å². The van der Waals surface area contributed by atoms with E-state index in [1.54, 1.807) is 26.2 Å². The SMILES string of the molecule is CCOC(=O)CC(Nc1ncc(B2OC(C)(C)C(C)(C)O2)cn1)C(=O)OCC. The minimum absolute atomic E-state index is 0.183. The average molecular weight is 393 g/mol. The molecule has 1 aliphatic heterocycles. The molecule has 0 bridgehead atoms. The maximum absolute atomic E-state index is 12.1. The second kappa shape index (κ2) is 8.87. The molecule has 10 heteroatoms. The predicted octanol–water partition coefficient (Wildman–Crippen LogP) is 1.07. The van der Waals surface area contributed by atoms with E-state index >= 15 is 0 Å². The lowest BCUT2D eigenvalue weighted by Crippen LogP contribution is -2.41. The molecule has 0 aromatic carbocycles. The predicted molar refractivity (Wildman–Crippen MR) is 103 cm³/mol. The van der Waals surface area contributed by atoms with Crippen LogP contribution in [-0.2, 0) is 28.4 Å². The quantitative estimate of drug-likeness (QED) is 0.512. The largest absolute Gasteiger partial charge is 0.498 e. The Morgan fingerprint density at radius 3 is 2.11 bits per heavy atom. The molecule has 154 valence electrons. The van der Waals surface area contributed by atoms with Crippen molar-refractivity contribution in [3.63, 3.8) is 0 Å². The Hall–Kier alpha value is -2.20. The Bertz CT molecular complexity index is 679. The number of rotatable bonds is 8. The van der Waals surface area contributed by atoms with E-state index in [4.69, 9.17) is 18.8 Å². The summed E-state index contributed by atoms with van der Waals surface area (Å²) in [6.07, 6.45) is 2.93. The van der Waals surface area contributed by atoms with Crippen molar-refractivity contribution in [2.24, 2.45) is 0 Å². The van der Waals surface area contributed by atoms with Crippen LogP contribution < -0.4 is 10.8 Å². The van der Waals surface area contributed by atoms with E-state index in [-0.39, 0.29) is 25.6 Å². The third-order valence-corrected chi connectivity index (χ3v) is 4.75. The molecule has 1 atom stereocenters. The van der Waals surface area contributed by atoms with E-state index in [0.717, 1.165) is 0 Å². The molecule has 0 spiro atoms. The van der Waals surface area contributed by atoms with Crippen molar-refractivity contribution in [1.82, 2.24) is 9.97 Å². The molecule has 2 heterocycles. The molecule has 1 fully saturated rings. The highest BCUT2D eigenvalue weighted by molar-refractivity contribution is 6.61. The zero-order valence-electron chi connectivity index (χ0n) is 17.3. The van der Waals surface area contributed by atoms with E-state index < -0.39 is 36.3 Å². The maximum atomic E-state index is 12.1. The summed E-state index contributed by atoms with van der Waals surface area (Å²) in [7, 11) is -0.584. The van der Waals surface area contributed by atoms with E-state index in [2.05, 4.69) is 15.3 Å². The number of nitrogens with zero attached hydrogens (tertiary/aromatic N) is 2. The molecule has 0 radical (unpaired) electrons. The molecule has 1 N–H and O–H groups in total. The van der Waals surface area contributed by atoms with Crippen LogP contribution in [0, 0.1) is 0 Å². The third kappa shape index (κ3) is 5.20. The van der Waals surface area contributed by atoms with Crippen LogP contribution in [0.2, 0.25) is 0 Å². The Morgan fingerprint density at radius 2 is 1.61 bits per heavy atom. The lowest BCUT2D eigenvalue weighted by molar-refractivity contribution is -0.150. The Kier molecular flexibility index (Phi) is 7.00. The van der Waals surface area contributed by atoms with Gasteiger partial charge in [0.1, 0.15) is 6.04 Å². The molecule has 28 heavy (non-hydrogen) atoms. The second-order valence-corrected chi connectivity index (χ2v) is 7.39. The van der Waals surface area contributed by atoms with Crippen LogP contribution in [0.4, 0.5) is 5.95 Å². The fourth-order valence-corrected chi connectivity index (χ4v) is 2.49. The summed E-state index contributed by atoms with van der Waals surface area (Å²) in [4.78, 5) is 32.3. The molecule has 1 saturated heterocycles. The van der Waals surface area contributed by atoms with Crippen LogP contribution >= 0.6 is 0 Å². The van der Waals surface area contributed by atoms with Gasteiger partial charge in [-0.2, -0.15) is 0 Å². The van der Waals surface area contributed by atoms with Gasteiger partial charge in [0.2, 0.25) is 5.95 Å². The lowest BCUT2D eigenvalue weighted by atomic mass is 9.81. The highest BCUT2D eigenvalue weighted by Crippen LogP contribution is 2.36. The summed E-state index contributed by atoms with van der Waals surface area (Å²) in [6, 6.07) is -0.943. The van der Waals surface area contributed by atoms with E-state index in [1.807, 2.05) is 27.7 Å². The fraction of sp³-hybridized carbons (Fsp3) is 0.667. The number of esters is 2. The zero-order valence-corrected chi connectivity index (χ0v) is 17.3. The van der Waals surface area contributed by atoms with Crippen LogP contribution in [0.25, 0.3) is 0 Å². The summed E-state index contributed by atoms with van der Waals surface area (Å²) >= 11 is 0. The first-order valence-corrected chi connectivity index (χ1v) is 9.36. The van der Waals surface area contributed by atoms with Crippen molar-refractivity contribution in [2.45, 2.75) is 65.2 Å². The van der Waals surface area contributed by atoms with Gasteiger partial charge >= 0.3 is 19.1 Å². The molecule has 1 aromatic heterocycles. The van der Waals surface area contributed by atoms with Crippen LogP contribution in [0.3, 0.4) is 0 Å². The van der Waals surface area contributed by atoms with Gasteiger partial charge in [-0.05, 0) is 41.5 Å². The topological polar surface area (TPSA) is 109 Å². The van der Waals surface area contributed by atoms with E-state index in [0.29, 0.717) is 5.46 Å². The van der Waals surface area contributed by atoms with Gasteiger partial charge in [0.05, 0.1) is 30.8 Å². The number of carbonyl (C=O) groups excluding carboxylic acids is 2. The molecule has 9 nitrogen and oxygen atoms in total. The van der Waals surface area contributed by atoms with Gasteiger partial charge < -0.3 is 24.1 Å². The van der Waals surface area contributed by atoms with Crippen molar-refractivity contribution < 1.29 is 28.4 Å². The standard InChI is InChI=1S/C18H28BN3O6/c1-7-25-14(23)9-13(15(24)26-8-2)22-16-20-10-12(11-21-16)19-27-17(3,4)18(5,6)28-19/h10-11,13H,7-9H2,1-6H3,(H,20,21,22). The first kappa shape index (κ1) is 22.1. The van der Waals surface area contributed by atoms with Gasteiger partial charge in [0.25, 0.3) is 0 Å². The minimum Gasteiger partial charge on any atom is -0.466 e. The van der Waals surface area contributed by atoms with Gasteiger partial charge in [0.15, 0.2) is 0 Å². The number of nitrogens with one attached hydrogen (secondary N) is 1. The first-order chi connectivity index (χ1) is 13.1. The van der Waals surface area contributed by atoms with E-state index in [9.17, 15) is 9.59 Å². The van der Waals surface area contributed by atoms with Crippen molar-refractivity contribution in [2.75, 3.05) is 18.5 Å². The Labute approximate surface area is 165 Å². The molecule has 1 aromatic rings. The van der Waals surface area contributed by atoms with Crippen LogP contribution in [-0.4, -0.2) is 59.5 Å².